The first-order valence-corrected chi connectivity index (χ1v) is 9.55. The highest BCUT2D eigenvalue weighted by atomic mass is 32.2. The Morgan fingerprint density at radius 2 is 2.12 bits per heavy atom. The molecule has 0 atom stereocenters. The monoisotopic (exact) mass is 361 g/mol. The number of hydrogen-bond acceptors (Lipinski definition) is 6. The normalized spacial score (nSPS) is 11.1. The predicted octanol–water partition coefficient (Wildman–Crippen LogP) is 2.80. The Labute approximate surface area is 148 Å². The maximum atomic E-state index is 12.0. The number of para-hydroxylation sites is 2. The van der Waals surface area contributed by atoms with Gasteiger partial charge in [-0.15, -0.1) is 10.2 Å². The highest BCUT2D eigenvalue weighted by Crippen LogP contribution is 2.21. The number of hydrogen-bond donors (Lipinski definition) is 1. The second-order valence-corrected chi connectivity index (χ2v) is 7.86. The van der Waals surface area contributed by atoms with Gasteiger partial charge in [0.25, 0.3) is 0 Å². The smallest absolute Gasteiger partial charge is 0.221 e. The van der Waals surface area contributed by atoms with E-state index in [-0.39, 0.29) is 5.91 Å². The molecule has 1 N–H and O–H groups in total. The predicted molar refractivity (Wildman–Crippen MR) is 97.5 cm³/mol. The SMILES string of the molecule is Cc1nnc(SCCNC(=O)CCn2c(C)nc3ccccc32)s1. The number of amides is 1. The summed E-state index contributed by atoms with van der Waals surface area (Å²) in [6.07, 6.45) is 0.448. The molecule has 24 heavy (non-hydrogen) atoms. The van der Waals surface area contributed by atoms with Crippen molar-refractivity contribution in [2.24, 2.45) is 0 Å². The lowest BCUT2D eigenvalue weighted by Crippen LogP contribution is -2.26. The van der Waals surface area contributed by atoms with Crippen molar-refractivity contribution in [2.45, 2.75) is 31.2 Å². The highest BCUT2D eigenvalue weighted by Gasteiger charge is 2.09. The maximum Gasteiger partial charge on any atom is 0.221 e. The lowest BCUT2D eigenvalue weighted by atomic mass is 10.3. The van der Waals surface area contributed by atoms with E-state index < -0.39 is 0 Å². The molecule has 0 fully saturated rings. The van der Waals surface area contributed by atoms with Gasteiger partial charge in [-0.2, -0.15) is 0 Å². The van der Waals surface area contributed by atoms with Crippen LogP contribution in [0.25, 0.3) is 11.0 Å². The van der Waals surface area contributed by atoms with E-state index in [2.05, 4.69) is 25.1 Å². The Kier molecular flexibility index (Phi) is 5.47. The zero-order valence-corrected chi connectivity index (χ0v) is 15.3. The first-order valence-electron chi connectivity index (χ1n) is 7.75. The number of aromatic nitrogens is 4. The molecular formula is C16H19N5OS2. The zero-order valence-electron chi connectivity index (χ0n) is 13.7. The van der Waals surface area contributed by atoms with E-state index in [0.717, 1.165) is 32.0 Å². The van der Waals surface area contributed by atoms with Crippen LogP contribution in [0.5, 0.6) is 0 Å². The summed E-state index contributed by atoms with van der Waals surface area (Å²) in [7, 11) is 0. The molecule has 3 aromatic rings. The molecule has 6 nitrogen and oxygen atoms in total. The van der Waals surface area contributed by atoms with Crippen LogP contribution in [0.2, 0.25) is 0 Å². The average Bonchev–Trinajstić information content (AvgIpc) is 3.12. The van der Waals surface area contributed by atoms with Crippen molar-refractivity contribution in [1.29, 1.82) is 0 Å². The number of nitrogens with one attached hydrogen (secondary N) is 1. The third-order valence-corrected chi connectivity index (χ3v) is 5.54. The largest absolute Gasteiger partial charge is 0.355 e. The number of nitrogens with zero attached hydrogens (tertiary/aromatic N) is 4. The van der Waals surface area contributed by atoms with Crippen LogP contribution in [0.15, 0.2) is 28.6 Å². The van der Waals surface area contributed by atoms with Crippen molar-refractivity contribution in [2.75, 3.05) is 12.3 Å². The Hall–Kier alpha value is -1.93. The fourth-order valence-corrected chi connectivity index (χ4v) is 4.19. The number of benzene rings is 1. The molecule has 0 radical (unpaired) electrons. The zero-order chi connectivity index (χ0) is 16.9. The van der Waals surface area contributed by atoms with Gasteiger partial charge >= 0.3 is 0 Å². The van der Waals surface area contributed by atoms with Crippen LogP contribution in [-0.2, 0) is 11.3 Å². The van der Waals surface area contributed by atoms with E-state index >= 15 is 0 Å². The first-order chi connectivity index (χ1) is 11.6. The summed E-state index contributed by atoms with van der Waals surface area (Å²) in [6.45, 7) is 5.18. The van der Waals surface area contributed by atoms with Crippen molar-refractivity contribution >= 4 is 40.0 Å². The lowest BCUT2D eigenvalue weighted by molar-refractivity contribution is -0.121. The number of rotatable bonds is 7. The molecule has 2 aromatic heterocycles. The van der Waals surface area contributed by atoms with Crippen LogP contribution in [0.3, 0.4) is 0 Å². The van der Waals surface area contributed by atoms with Crippen molar-refractivity contribution in [3.63, 3.8) is 0 Å². The topological polar surface area (TPSA) is 72.7 Å². The molecule has 0 bridgehead atoms. The number of aryl methyl sites for hydroxylation is 3. The summed E-state index contributed by atoms with van der Waals surface area (Å²) in [5.41, 5.74) is 2.05. The Morgan fingerprint density at radius 3 is 2.92 bits per heavy atom. The molecular weight excluding hydrogens is 342 g/mol. The lowest BCUT2D eigenvalue weighted by Gasteiger charge is -2.07. The van der Waals surface area contributed by atoms with Gasteiger partial charge in [0, 0.05) is 25.3 Å². The number of fused-ring (bicyclic) bond motifs is 1. The fraction of sp³-hybridized carbons (Fsp3) is 0.375. The minimum atomic E-state index is 0.0567. The number of imidazole rings is 1. The van der Waals surface area contributed by atoms with Crippen molar-refractivity contribution in [3.05, 3.63) is 35.1 Å². The van der Waals surface area contributed by atoms with E-state index in [9.17, 15) is 4.79 Å². The van der Waals surface area contributed by atoms with Gasteiger partial charge in [-0.05, 0) is 26.0 Å². The van der Waals surface area contributed by atoms with Gasteiger partial charge in [-0.25, -0.2) is 4.98 Å². The molecule has 0 aliphatic rings. The summed E-state index contributed by atoms with van der Waals surface area (Å²) >= 11 is 3.19. The van der Waals surface area contributed by atoms with Gasteiger partial charge in [0.1, 0.15) is 10.8 Å². The molecule has 0 aliphatic carbocycles. The molecule has 8 heteroatoms. The number of carbonyl (C=O) groups excluding carboxylic acids is 1. The van der Waals surface area contributed by atoms with Crippen LogP contribution in [0, 0.1) is 13.8 Å². The van der Waals surface area contributed by atoms with Gasteiger partial charge < -0.3 is 9.88 Å². The van der Waals surface area contributed by atoms with E-state index in [1.165, 1.54) is 0 Å². The van der Waals surface area contributed by atoms with Crippen molar-refractivity contribution in [1.82, 2.24) is 25.1 Å². The molecule has 0 spiro atoms. The van der Waals surface area contributed by atoms with Crippen molar-refractivity contribution < 1.29 is 4.79 Å². The molecule has 0 unspecified atom stereocenters. The van der Waals surface area contributed by atoms with E-state index in [0.29, 0.717) is 19.5 Å². The third kappa shape index (κ3) is 4.12. The van der Waals surface area contributed by atoms with Crippen LogP contribution >= 0.6 is 23.1 Å². The molecule has 0 saturated carbocycles. The highest BCUT2D eigenvalue weighted by molar-refractivity contribution is 8.01. The van der Waals surface area contributed by atoms with Gasteiger partial charge in [0.2, 0.25) is 5.91 Å². The van der Waals surface area contributed by atoms with Gasteiger partial charge in [0.05, 0.1) is 11.0 Å². The standard InChI is InChI=1S/C16H19N5OS2/c1-11-18-13-5-3-4-6-14(13)21(11)9-7-15(22)17-8-10-23-16-20-19-12(2)24-16/h3-6H,7-10H2,1-2H3,(H,17,22). The molecule has 1 aromatic carbocycles. The second kappa shape index (κ2) is 7.76. The number of carbonyl (C=O) groups is 1. The van der Waals surface area contributed by atoms with Crippen LogP contribution in [0.1, 0.15) is 17.3 Å². The summed E-state index contributed by atoms with van der Waals surface area (Å²) < 4.78 is 3.04. The third-order valence-electron chi connectivity index (χ3n) is 3.57. The summed E-state index contributed by atoms with van der Waals surface area (Å²) in [4.78, 5) is 16.5. The molecule has 0 saturated heterocycles. The van der Waals surface area contributed by atoms with Crippen molar-refractivity contribution in [3.8, 4) is 0 Å². The average molecular weight is 361 g/mol. The molecule has 0 aliphatic heterocycles. The van der Waals surface area contributed by atoms with Crippen LogP contribution < -0.4 is 5.32 Å². The Morgan fingerprint density at radius 1 is 1.29 bits per heavy atom. The van der Waals surface area contributed by atoms with E-state index in [1.54, 1.807) is 23.1 Å². The second-order valence-electron chi connectivity index (χ2n) is 5.33. The first kappa shape index (κ1) is 16.9. The fourth-order valence-electron chi connectivity index (χ4n) is 2.45. The summed E-state index contributed by atoms with van der Waals surface area (Å²) in [6, 6.07) is 7.99. The van der Waals surface area contributed by atoms with E-state index in [1.807, 2.05) is 38.1 Å². The molecule has 3 rings (SSSR count). The minimum absolute atomic E-state index is 0.0567. The van der Waals surface area contributed by atoms with Gasteiger partial charge in [-0.1, -0.05) is 35.2 Å². The summed E-state index contributed by atoms with van der Waals surface area (Å²) in [5.74, 6) is 1.79. The molecule has 2 heterocycles. The van der Waals surface area contributed by atoms with Gasteiger partial charge in [0.15, 0.2) is 4.34 Å². The van der Waals surface area contributed by atoms with Crippen LogP contribution in [0.4, 0.5) is 0 Å². The number of thioether (sulfide) groups is 1. The quantitative estimate of drug-likeness (QED) is 0.517. The minimum Gasteiger partial charge on any atom is -0.355 e. The maximum absolute atomic E-state index is 12.0. The van der Waals surface area contributed by atoms with Gasteiger partial charge in [-0.3, -0.25) is 4.79 Å². The molecule has 1 amide bonds. The molecule has 126 valence electrons. The van der Waals surface area contributed by atoms with E-state index in [4.69, 9.17) is 0 Å². The Bertz CT molecular complexity index is 842. The summed E-state index contributed by atoms with van der Waals surface area (Å²) in [5, 5.41) is 11.9. The Balaban J connectivity index is 1.44. The van der Waals surface area contributed by atoms with Crippen LogP contribution in [-0.4, -0.2) is 38.0 Å².